The molecule has 8 heteroatoms. The van der Waals surface area contributed by atoms with Crippen LogP contribution < -0.4 is 5.73 Å². The van der Waals surface area contributed by atoms with Crippen molar-refractivity contribution in [1.82, 2.24) is 5.01 Å². The van der Waals surface area contributed by atoms with Crippen LogP contribution in [-0.4, -0.2) is 46.0 Å². The minimum atomic E-state index is -1.52. The lowest BCUT2D eigenvalue weighted by Gasteiger charge is -2.24. The summed E-state index contributed by atoms with van der Waals surface area (Å²) in [6, 6.07) is 15.5. The monoisotopic (exact) mass is 454 g/mol. The second-order valence-electron chi connectivity index (χ2n) is 7.20. The molecular formula is C23H23ClN4O2S. The van der Waals surface area contributed by atoms with Crippen LogP contribution >= 0.6 is 23.4 Å². The van der Waals surface area contributed by atoms with Crippen molar-refractivity contribution in [2.24, 2.45) is 10.8 Å². The van der Waals surface area contributed by atoms with E-state index >= 15 is 0 Å². The third-order valence-corrected chi connectivity index (χ3v) is 6.46. The lowest BCUT2D eigenvalue weighted by molar-refractivity contribution is -0.0213. The fourth-order valence-corrected chi connectivity index (χ4v) is 4.76. The minimum absolute atomic E-state index is 0.146. The molecular weight excluding hydrogens is 432 g/mol. The molecule has 2 aromatic rings. The van der Waals surface area contributed by atoms with Crippen LogP contribution in [0.5, 0.6) is 0 Å². The molecule has 1 heterocycles. The molecule has 4 N–H and O–H groups in total. The number of aliphatic hydroxyl groups is 1. The van der Waals surface area contributed by atoms with Gasteiger partial charge in [-0.15, -0.1) is 11.8 Å². The van der Waals surface area contributed by atoms with Crippen molar-refractivity contribution >= 4 is 35.0 Å². The number of allylic oxidation sites excluding steroid dienone is 2. The molecule has 1 aliphatic carbocycles. The highest BCUT2D eigenvalue weighted by Gasteiger charge is 2.31. The molecule has 160 valence electrons. The first kappa shape index (κ1) is 21.6. The van der Waals surface area contributed by atoms with Gasteiger partial charge in [-0.2, -0.15) is 5.10 Å². The molecule has 0 spiro atoms. The number of ether oxygens (including phenoxy) is 1. The zero-order valence-corrected chi connectivity index (χ0v) is 18.3. The van der Waals surface area contributed by atoms with Crippen LogP contribution in [-0.2, 0) is 4.74 Å². The lowest BCUT2D eigenvalue weighted by atomic mass is 10.1. The molecule has 4 rings (SSSR count). The Bertz CT molecular complexity index is 1020. The molecule has 0 amide bonds. The summed E-state index contributed by atoms with van der Waals surface area (Å²) in [5, 5.41) is 25.0. The maximum atomic E-state index is 9.13. The van der Waals surface area contributed by atoms with Gasteiger partial charge in [0.2, 0.25) is 5.90 Å². The molecule has 0 radical (unpaired) electrons. The summed E-state index contributed by atoms with van der Waals surface area (Å²) >= 11 is 7.80. The molecule has 0 fully saturated rings. The van der Waals surface area contributed by atoms with E-state index in [-0.39, 0.29) is 17.2 Å². The van der Waals surface area contributed by atoms with Gasteiger partial charge < -0.3 is 9.84 Å². The van der Waals surface area contributed by atoms with E-state index in [1.165, 1.54) is 0 Å². The number of hydrogen-bond donors (Lipinski definition) is 3. The van der Waals surface area contributed by atoms with Gasteiger partial charge in [0.25, 0.3) is 6.41 Å². The number of rotatable bonds is 6. The van der Waals surface area contributed by atoms with E-state index in [1.54, 1.807) is 23.9 Å². The van der Waals surface area contributed by atoms with Crippen molar-refractivity contribution in [3.8, 4) is 0 Å². The number of nitrogens with one attached hydrogen (secondary N) is 1. The number of hydrazone groups is 1. The first-order valence-corrected chi connectivity index (χ1v) is 11.2. The maximum Gasteiger partial charge on any atom is 0.256 e. The zero-order valence-electron chi connectivity index (χ0n) is 16.7. The average molecular weight is 455 g/mol. The summed E-state index contributed by atoms with van der Waals surface area (Å²) in [6.45, 7) is 0.797. The standard InChI is InChI=1S/C23H23ClN4O2S/c24-17-10-12-19(13-11-17)31-20-14-28(18-4-2-1-3-5-18)27-21(20)15-6-8-16(9-7-15)22(25)30-23(26)29/h1-4,6-13,18,20,23,25,29H,5,14,26H2. The van der Waals surface area contributed by atoms with Crippen molar-refractivity contribution in [2.45, 2.75) is 29.0 Å². The van der Waals surface area contributed by atoms with E-state index in [2.05, 4.69) is 29.3 Å². The normalized spacial score (nSPS) is 21.1. The van der Waals surface area contributed by atoms with Crippen LogP contribution in [0.15, 0.2) is 82.8 Å². The fourth-order valence-electron chi connectivity index (χ4n) is 3.49. The van der Waals surface area contributed by atoms with Crippen LogP contribution in [0.2, 0.25) is 5.02 Å². The van der Waals surface area contributed by atoms with Crippen LogP contribution in [0.4, 0.5) is 0 Å². The summed E-state index contributed by atoms with van der Waals surface area (Å²) in [4.78, 5) is 1.13. The minimum Gasteiger partial charge on any atom is -0.434 e. The van der Waals surface area contributed by atoms with E-state index in [0.29, 0.717) is 10.6 Å². The number of nitrogens with zero attached hydrogens (tertiary/aromatic N) is 2. The van der Waals surface area contributed by atoms with Crippen LogP contribution in [0.1, 0.15) is 17.5 Å². The van der Waals surface area contributed by atoms with Gasteiger partial charge in [0.1, 0.15) is 0 Å². The highest BCUT2D eigenvalue weighted by molar-refractivity contribution is 8.00. The number of hydrogen-bond acceptors (Lipinski definition) is 7. The van der Waals surface area contributed by atoms with Crippen molar-refractivity contribution in [1.29, 1.82) is 5.41 Å². The third-order valence-electron chi connectivity index (χ3n) is 5.01. The van der Waals surface area contributed by atoms with Crippen molar-refractivity contribution in [3.63, 3.8) is 0 Å². The zero-order chi connectivity index (χ0) is 21.8. The van der Waals surface area contributed by atoms with E-state index in [9.17, 15) is 0 Å². The van der Waals surface area contributed by atoms with Gasteiger partial charge in [0.15, 0.2) is 0 Å². The summed E-state index contributed by atoms with van der Waals surface area (Å²) in [5.41, 5.74) is 7.69. The summed E-state index contributed by atoms with van der Waals surface area (Å²) < 4.78 is 4.86. The topological polar surface area (TPSA) is 94.9 Å². The van der Waals surface area contributed by atoms with Gasteiger partial charge in [-0.05, 0) is 48.4 Å². The Morgan fingerprint density at radius 1 is 1.19 bits per heavy atom. The molecule has 2 aromatic carbocycles. The fraction of sp³-hybridized carbons (Fsp3) is 0.217. The highest BCUT2D eigenvalue weighted by Crippen LogP contribution is 2.33. The molecule has 0 saturated heterocycles. The number of halogens is 1. The van der Waals surface area contributed by atoms with Crippen LogP contribution in [0.3, 0.4) is 0 Å². The molecule has 0 saturated carbocycles. The van der Waals surface area contributed by atoms with Crippen molar-refractivity contribution in [2.75, 3.05) is 6.54 Å². The Kier molecular flexibility index (Phi) is 6.77. The Labute approximate surface area is 190 Å². The SMILES string of the molecule is N=C(OC(N)O)c1ccc(C2=NN(C3C=CC=CC3)CC2Sc2ccc(Cl)cc2)cc1. The summed E-state index contributed by atoms with van der Waals surface area (Å²) in [6.07, 6.45) is 7.88. The summed E-state index contributed by atoms with van der Waals surface area (Å²) in [7, 11) is 0. The number of nitrogens with two attached hydrogens (primary N) is 1. The lowest BCUT2D eigenvalue weighted by Crippen LogP contribution is -2.30. The van der Waals surface area contributed by atoms with Gasteiger partial charge in [-0.3, -0.25) is 16.2 Å². The molecule has 3 unspecified atom stereocenters. The van der Waals surface area contributed by atoms with Crippen molar-refractivity contribution < 1.29 is 9.84 Å². The van der Waals surface area contributed by atoms with E-state index < -0.39 is 6.41 Å². The highest BCUT2D eigenvalue weighted by atomic mass is 35.5. The Morgan fingerprint density at radius 3 is 2.58 bits per heavy atom. The third kappa shape index (κ3) is 5.37. The largest absolute Gasteiger partial charge is 0.434 e. The van der Waals surface area contributed by atoms with E-state index in [1.807, 2.05) is 36.4 Å². The maximum absolute atomic E-state index is 9.13. The van der Waals surface area contributed by atoms with Gasteiger partial charge in [-0.1, -0.05) is 48.0 Å². The molecule has 2 aliphatic rings. The molecule has 3 atom stereocenters. The second kappa shape index (κ2) is 9.70. The van der Waals surface area contributed by atoms with Crippen LogP contribution in [0, 0.1) is 5.41 Å². The quantitative estimate of drug-likeness (QED) is 0.348. The smallest absolute Gasteiger partial charge is 0.256 e. The first-order valence-electron chi connectivity index (χ1n) is 9.90. The van der Waals surface area contributed by atoms with Crippen LogP contribution in [0.25, 0.3) is 0 Å². The molecule has 0 bridgehead atoms. The Hall–Kier alpha value is -2.58. The number of benzene rings is 2. The first-order chi connectivity index (χ1) is 15.0. The molecule has 1 aliphatic heterocycles. The number of aliphatic hydroxyl groups excluding tert-OH is 1. The molecule has 6 nitrogen and oxygen atoms in total. The average Bonchev–Trinajstić information content (AvgIpc) is 3.19. The second-order valence-corrected chi connectivity index (χ2v) is 8.91. The Balaban J connectivity index is 1.58. The molecule has 0 aromatic heterocycles. The van der Waals surface area contributed by atoms with E-state index in [0.717, 1.165) is 29.1 Å². The molecule has 31 heavy (non-hydrogen) atoms. The van der Waals surface area contributed by atoms with Gasteiger partial charge in [0.05, 0.1) is 23.5 Å². The van der Waals surface area contributed by atoms with Gasteiger partial charge in [0, 0.05) is 15.5 Å². The summed E-state index contributed by atoms with van der Waals surface area (Å²) in [5.74, 6) is -0.178. The van der Waals surface area contributed by atoms with Crippen molar-refractivity contribution in [3.05, 3.63) is 89.0 Å². The predicted molar refractivity (Wildman–Crippen MR) is 126 cm³/mol. The van der Waals surface area contributed by atoms with E-state index in [4.69, 9.17) is 37.7 Å². The van der Waals surface area contributed by atoms with Gasteiger partial charge >= 0.3 is 0 Å². The van der Waals surface area contributed by atoms with Gasteiger partial charge in [-0.25, -0.2) is 0 Å². The number of thioether (sulfide) groups is 1. The Morgan fingerprint density at radius 2 is 1.94 bits per heavy atom. The predicted octanol–water partition coefficient (Wildman–Crippen LogP) is 3.98.